The van der Waals surface area contributed by atoms with Crippen LogP contribution in [0.4, 0.5) is 0 Å². The fourth-order valence-electron chi connectivity index (χ4n) is 2.08. The Hall–Kier alpha value is -0.910. The van der Waals surface area contributed by atoms with Crippen molar-refractivity contribution in [1.82, 2.24) is 19.8 Å². The first-order valence-electron chi connectivity index (χ1n) is 6.78. The quantitative estimate of drug-likeness (QED) is 0.810. The van der Waals surface area contributed by atoms with E-state index in [1.165, 1.54) is 5.69 Å². The summed E-state index contributed by atoms with van der Waals surface area (Å²) in [5.74, 6) is 0. The number of rotatable bonds is 6. The number of morpholine rings is 1. The molecule has 1 N–H and O–H groups in total. The van der Waals surface area contributed by atoms with Gasteiger partial charge in [-0.15, -0.1) is 0 Å². The molecule has 0 aliphatic carbocycles. The van der Waals surface area contributed by atoms with Gasteiger partial charge in [-0.25, -0.2) is 4.98 Å². The molecule has 0 spiro atoms. The molecule has 0 bridgehead atoms. The lowest BCUT2D eigenvalue weighted by Gasteiger charge is -2.26. The first-order chi connectivity index (χ1) is 8.75. The minimum absolute atomic E-state index is 0.507. The van der Waals surface area contributed by atoms with Crippen LogP contribution in [-0.4, -0.2) is 53.3 Å². The van der Waals surface area contributed by atoms with Gasteiger partial charge in [0.05, 0.1) is 25.2 Å². The third-order valence-electron chi connectivity index (χ3n) is 3.25. The topological polar surface area (TPSA) is 42.3 Å². The molecule has 1 saturated heterocycles. The van der Waals surface area contributed by atoms with Crippen molar-refractivity contribution in [3.8, 4) is 0 Å². The van der Waals surface area contributed by atoms with Crippen LogP contribution in [0.1, 0.15) is 19.5 Å². The van der Waals surface area contributed by atoms with Gasteiger partial charge in [-0.1, -0.05) is 13.8 Å². The summed E-state index contributed by atoms with van der Waals surface area (Å²) in [4.78, 5) is 6.69. The Morgan fingerprint density at radius 1 is 1.33 bits per heavy atom. The summed E-state index contributed by atoms with van der Waals surface area (Å²) in [6.45, 7) is 11.1. The Balaban J connectivity index is 1.79. The fourth-order valence-corrected chi connectivity index (χ4v) is 2.08. The van der Waals surface area contributed by atoms with E-state index < -0.39 is 0 Å². The van der Waals surface area contributed by atoms with Crippen molar-refractivity contribution in [3.05, 3.63) is 18.2 Å². The number of hydrogen-bond acceptors (Lipinski definition) is 4. The van der Waals surface area contributed by atoms with Crippen LogP contribution in [-0.2, 0) is 17.8 Å². The molecular weight excluding hydrogens is 228 g/mol. The van der Waals surface area contributed by atoms with E-state index in [9.17, 15) is 0 Å². The van der Waals surface area contributed by atoms with Crippen LogP contribution >= 0.6 is 0 Å². The van der Waals surface area contributed by atoms with E-state index >= 15 is 0 Å². The van der Waals surface area contributed by atoms with Crippen molar-refractivity contribution < 1.29 is 4.74 Å². The maximum atomic E-state index is 5.35. The molecule has 2 rings (SSSR count). The third kappa shape index (κ3) is 4.08. The standard InChI is InChI=1S/C13H24N4O/c1-12(2)15-10-13-9-14-11-17(13)4-3-16-5-7-18-8-6-16/h9,11-12,15H,3-8,10H2,1-2H3. The molecule has 1 aliphatic rings. The Morgan fingerprint density at radius 2 is 2.11 bits per heavy atom. The first-order valence-corrected chi connectivity index (χ1v) is 6.78. The molecule has 1 aromatic heterocycles. The molecule has 102 valence electrons. The smallest absolute Gasteiger partial charge is 0.0949 e. The van der Waals surface area contributed by atoms with Crippen LogP contribution < -0.4 is 5.32 Å². The lowest BCUT2D eigenvalue weighted by Crippen LogP contribution is -2.38. The average molecular weight is 252 g/mol. The zero-order valence-electron chi connectivity index (χ0n) is 11.4. The van der Waals surface area contributed by atoms with E-state index in [4.69, 9.17) is 4.74 Å². The summed E-state index contributed by atoms with van der Waals surface area (Å²) in [6.07, 6.45) is 3.88. The molecule has 5 heteroatoms. The largest absolute Gasteiger partial charge is 0.379 e. The summed E-state index contributed by atoms with van der Waals surface area (Å²) in [6, 6.07) is 0.507. The molecule has 1 aromatic rings. The van der Waals surface area contributed by atoms with Gasteiger partial charge in [0, 0.05) is 45.0 Å². The van der Waals surface area contributed by atoms with Gasteiger partial charge in [0.25, 0.3) is 0 Å². The van der Waals surface area contributed by atoms with Crippen LogP contribution in [0.15, 0.2) is 12.5 Å². The monoisotopic (exact) mass is 252 g/mol. The third-order valence-corrected chi connectivity index (χ3v) is 3.25. The van der Waals surface area contributed by atoms with E-state index in [0.29, 0.717) is 6.04 Å². The predicted molar refractivity (Wildman–Crippen MR) is 71.5 cm³/mol. The molecule has 2 heterocycles. The van der Waals surface area contributed by atoms with Crippen molar-refractivity contribution in [2.45, 2.75) is 33.0 Å². The number of hydrogen-bond donors (Lipinski definition) is 1. The van der Waals surface area contributed by atoms with Gasteiger partial charge in [-0.3, -0.25) is 4.90 Å². The lowest BCUT2D eigenvalue weighted by molar-refractivity contribution is 0.0363. The number of aromatic nitrogens is 2. The van der Waals surface area contributed by atoms with Gasteiger partial charge in [-0.05, 0) is 0 Å². The van der Waals surface area contributed by atoms with Crippen molar-refractivity contribution in [1.29, 1.82) is 0 Å². The number of nitrogens with one attached hydrogen (secondary N) is 1. The fraction of sp³-hybridized carbons (Fsp3) is 0.769. The van der Waals surface area contributed by atoms with Gasteiger partial charge >= 0.3 is 0 Å². The summed E-state index contributed by atoms with van der Waals surface area (Å²) < 4.78 is 7.60. The minimum Gasteiger partial charge on any atom is -0.379 e. The second-order valence-corrected chi connectivity index (χ2v) is 5.07. The summed E-state index contributed by atoms with van der Waals surface area (Å²) in [5.41, 5.74) is 1.26. The van der Waals surface area contributed by atoms with Crippen molar-refractivity contribution in [2.24, 2.45) is 0 Å². The molecule has 0 unspecified atom stereocenters. The molecule has 18 heavy (non-hydrogen) atoms. The highest BCUT2D eigenvalue weighted by molar-refractivity contribution is 4.98. The van der Waals surface area contributed by atoms with Crippen LogP contribution in [0.25, 0.3) is 0 Å². The SMILES string of the molecule is CC(C)NCc1cncn1CCN1CCOCC1. The Labute approximate surface area is 109 Å². The van der Waals surface area contributed by atoms with Gasteiger partial charge in [0.2, 0.25) is 0 Å². The highest BCUT2D eigenvalue weighted by Crippen LogP contribution is 2.02. The highest BCUT2D eigenvalue weighted by atomic mass is 16.5. The molecule has 5 nitrogen and oxygen atoms in total. The van der Waals surface area contributed by atoms with E-state index in [1.807, 2.05) is 12.5 Å². The lowest BCUT2D eigenvalue weighted by atomic mass is 10.3. The first kappa shape index (κ1) is 13.5. The molecule has 0 radical (unpaired) electrons. The molecule has 0 saturated carbocycles. The van der Waals surface area contributed by atoms with E-state index in [2.05, 4.69) is 33.6 Å². The normalized spacial score (nSPS) is 17.5. The van der Waals surface area contributed by atoms with Gasteiger partial charge < -0.3 is 14.6 Å². The van der Waals surface area contributed by atoms with Crippen molar-refractivity contribution in [2.75, 3.05) is 32.8 Å². The summed E-state index contributed by atoms with van der Waals surface area (Å²) in [5, 5.41) is 3.43. The van der Waals surface area contributed by atoms with Crippen LogP contribution in [0.3, 0.4) is 0 Å². The maximum Gasteiger partial charge on any atom is 0.0949 e. The maximum absolute atomic E-state index is 5.35. The number of imidazole rings is 1. The minimum atomic E-state index is 0.507. The second-order valence-electron chi connectivity index (χ2n) is 5.07. The van der Waals surface area contributed by atoms with Gasteiger partial charge in [0.15, 0.2) is 0 Å². The number of ether oxygens (including phenoxy) is 1. The van der Waals surface area contributed by atoms with Crippen LogP contribution in [0, 0.1) is 0 Å². The zero-order valence-corrected chi connectivity index (χ0v) is 11.4. The predicted octanol–water partition coefficient (Wildman–Crippen LogP) is 0.713. The van der Waals surface area contributed by atoms with Gasteiger partial charge in [-0.2, -0.15) is 0 Å². The zero-order chi connectivity index (χ0) is 12.8. The number of nitrogens with zero attached hydrogens (tertiary/aromatic N) is 3. The molecule has 0 aromatic carbocycles. The molecule has 0 atom stereocenters. The van der Waals surface area contributed by atoms with E-state index in [0.717, 1.165) is 45.9 Å². The molecule has 1 fully saturated rings. The highest BCUT2D eigenvalue weighted by Gasteiger charge is 2.10. The Bertz CT molecular complexity index is 345. The van der Waals surface area contributed by atoms with E-state index in [1.54, 1.807) is 0 Å². The molecule has 1 aliphatic heterocycles. The van der Waals surface area contributed by atoms with Crippen molar-refractivity contribution >= 4 is 0 Å². The summed E-state index contributed by atoms with van der Waals surface area (Å²) >= 11 is 0. The second kappa shape index (κ2) is 6.87. The van der Waals surface area contributed by atoms with Gasteiger partial charge in [0.1, 0.15) is 0 Å². The van der Waals surface area contributed by atoms with E-state index in [-0.39, 0.29) is 0 Å². The Kier molecular flexibility index (Phi) is 5.16. The Morgan fingerprint density at radius 3 is 2.83 bits per heavy atom. The summed E-state index contributed by atoms with van der Waals surface area (Å²) in [7, 11) is 0. The van der Waals surface area contributed by atoms with Crippen LogP contribution in [0.5, 0.6) is 0 Å². The van der Waals surface area contributed by atoms with Crippen molar-refractivity contribution in [3.63, 3.8) is 0 Å². The van der Waals surface area contributed by atoms with Crippen LogP contribution in [0.2, 0.25) is 0 Å². The molecular formula is C13H24N4O. The molecule has 0 amide bonds. The average Bonchev–Trinajstić information content (AvgIpc) is 2.82.